The highest BCUT2D eigenvalue weighted by Gasteiger charge is 2.20. The number of furan rings is 1. The first-order valence-electron chi connectivity index (χ1n) is 12.2. The smallest absolute Gasteiger partial charge is 0.216 e. The summed E-state index contributed by atoms with van der Waals surface area (Å²) in [6.45, 7) is 2.16. The van der Waals surface area contributed by atoms with Crippen molar-refractivity contribution in [2.45, 2.75) is 44.9 Å². The molecular formula is C31H30NO+. The second-order valence-corrected chi connectivity index (χ2v) is 9.60. The average molecular weight is 433 g/mol. The Balaban J connectivity index is 1.44. The average Bonchev–Trinajstić information content (AvgIpc) is 3.23. The van der Waals surface area contributed by atoms with E-state index in [1.54, 1.807) is 0 Å². The van der Waals surface area contributed by atoms with E-state index in [-0.39, 0.29) is 0 Å². The van der Waals surface area contributed by atoms with Crippen molar-refractivity contribution in [3.8, 4) is 22.4 Å². The summed E-state index contributed by atoms with van der Waals surface area (Å²) in [7, 11) is 2.09. The van der Waals surface area contributed by atoms with Crippen molar-refractivity contribution < 1.29 is 8.98 Å². The molecule has 0 spiro atoms. The number of hydrogen-bond donors (Lipinski definition) is 0. The van der Waals surface area contributed by atoms with E-state index in [2.05, 4.69) is 97.5 Å². The van der Waals surface area contributed by atoms with Crippen LogP contribution < -0.4 is 4.57 Å². The van der Waals surface area contributed by atoms with Gasteiger partial charge in [0.25, 0.3) is 0 Å². The van der Waals surface area contributed by atoms with Crippen molar-refractivity contribution in [2.75, 3.05) is 0 Å². The third kappa shape index (κ3) is 3.54. The topological polar surface area (TPSA) is 17.0 Å². The molecule has 6 rings (SSSR count). The van der Waals surface area contributed by atoms with E-state index >= 15 is 0 Å². The van der Waals surface area contributed by atoms with Gasteiger partial charge in [-0.3, -0.25) is 0 Å². The zero-order valence-corrected chi connectivity index (χ0v) is 19.5. The van der Waals surface area contributed by atoms with Crippen LogP contribution in [0.2, 0.25) is 0 Å². The molecule has 0 aliphatic heterocycles. The summed E-state index contributed by atoms with van der Waals surface area (Å²) in [6, 6.07) is 26.6. The van der Waals surface area contributed by atoms with Crippen molar-refractivity contribution in [1.82, 2.24) is 0 Å². The number of nitrogens with zero attached hydrogens (tertiary/aromatic N) is 1. The van der Waals surface area contributed by atoms with Gasteiger partial charge in [0.05, 0.1) is 5.56 Å². The Hall–Kier alpha value is -3.39. The minimum Gasteiger partial charge on any atom is -0.455 e. The summed E-state index contributed by atoms with van der Waals surface area (Å²) in [5.41, 5.74) is 9.49. The van der Waals surface area contributed by atoms with Gasteiger partial charge in [-0.05, 0) is 66.1 Å². The SMILES string of the molecule is Cc1ccc2c(oc3ccc(-c4ccc(C5CCCCC5)cc4)cc32)c1-c1cccc[n+]1C. The summed E-state index contributed by atoms with van der Waals surface area (Å²) in [5.74, 6) is 0.745. The molecule has 2 aromatic heterocycles. The predicted octanol–water partition coefficient (Wildman–Crippen LogP) is 8.10. The maximum Gasteiger partial charge on any atom is 0.216 e. The van der Waals surface area contributed by atoms with Gasteiger partial charge in [-0.15, -0.1) is 0 Å². The van der Waals surface area contributed by atoms with Crippen LogP contribution in [-0.4, -0.2) is 0 Å². The number of fused-ring (bicyclic) bond motifs is 3. The molecule has 1 saturated carbocycles. The van der Waals surface area contributed by atoms with Gasteiger partial charge in [0.15, 0.2) is 6.20 Å². The zero-order chi connectivity index (χ0) is 22.4. The van der Waals surface area contributed by atoms with Crippen LogP contribution in [0.25, 0.3) is 44.3 Å². The van der Waals surface area contributed by atoms with Gasteiger partial charge in [-0.2, -0.15) is 0 Å². The largest absolute Gasteiger partial charge is 0.455 e. The normalized spacial score (nSPS) is 14.8. The fourth-order valence-corrected chi connectivity index (χ4v) is 5.60. The van der Waals surface area contributed by atoms with Crippen molar-refractivity contribution in [3.05, 3.63) is 90.1 Å². The van der Waals surface area contributed by atoms with E-state index in [0.29, 0.717) is 0 Å². The third-order valence-corrected chi connectivity index (χ3v) is 7.48. The Kier molecular flexibility index (Phi) is 5.02. The summed E-state index contributed by atoms with van der Waals surface area (Å²) >= 11 is 0. The van der Waals surface area contributed by atoms with Crippen LogP contribution in [0.15, 0.2) is 83.4 Å². The lowest BCUT2D eigenvalue weighted by atomic mass is 9.83. The van der Waals surface area contributed by atoms with Crippen molar-refractivity contribution in [2.24, 2.45) is 7.05 Å². The predicted molar refractivity (Wildman–Crippen MR) is 136 cm³/mol. The molecule has 1 fully saturated rings. The molecule has 0 amide bonds. The fraction of sp³-hybridized carbons (Fsp3) is 0.258. The molecular weight excluding hydrogens is 402 g/mol. The molecule has 2 nitrogen and oxygen atoms in total. The van der Waals surface area contributed by atoms with Crippen molar-refractivity contribution in [3.63, 3.8) is 0 Å². The molecule has 33 heavy (non-hydrogen) atoms. The number of rotatable bonds is 3. The zero-order valence-electron chi connectivity index (χ0n) is 19.5. The van der Waals surface area contributed by atoms with Crippen LogP contribution in [0.1, 0.15) is 49.1 Å². The molecule has 2 heterocycles. The first-order chi connectivity index (χ1) is 16.2. The van der Waals surface area contributed by atoms with E-state index in [4.69, 9.17) is 4.42 Å². The molecule has 5 aromatic rings. The molecule has 0 atom stereocenters. The quantitative estimate of drug-likeness (QED) is 0.263. The number of benzene rings is 3. The first kappa shape index (κ1) is 20.2. The highest BCUT2D eigenvalue weighted by molar-refractivity contribution is 6.10. The lowest BCUT2D eigenvalue weighted by Gasteiger charge is -2.22. The fourth-order valence-electron chi connectivity index (χ4n) is 5.60. The van der Waals surface area contributed by atoms with Gasteiger partial charge in [-0.25, -0.2) is 4.57 Å². The van der Waals surface area contributed by atoms with E-state index in [1.807, 2.05) is 0 Å². The van der Waals surface area contributed by atoms with Gasteiger partial charge in [0.1, 0.15) is 18.2 Å². The number of hydrogen-bond acceptors (Lipinski definition) is 1. The van der Waals surface area contributed by atoms with E-state index in [9.17, 15) is 0 Å². The highest BCUT2D eigenvalue weighted by atomic mass is 16.3. The Morgan fingerprint density at radius 2 is 1.58 bits per heavy atom. The first-order valence-corrected chi connectivity index (χ1v) is 12.2. The standard InChI is InChI=1S/C31H30NO/c1-21-11-17-26-27-20-25(24-14-12-23(13-15-24)22-8-4-3-5-9-22)16-18-29(27)33-31(26)30(21)28-10-6-7-19-32(28)2/h6-7,10-20,22H,3-5,8-9H2,1-2H3/q+1. The molecule has 3 aromatic carbocycles. The van der Waals surface area contributed by atoms with Crippen LogP contribution in [0, 0.1) is 6.92 Å². The molecule has 0 saturated heterocycles. The molecule has 0 radical (unpaired) electrons. The summed E-state index contributed by atoms with van der Waals surface area (Å²) in [4.78, 5) is 0. The van der Waals surface area contributed by atoms with Gasteiger partial charge >= 0.3 is 0 Å². The van der Waals surface area contributed by atoms with Gasteiger partial charge in [0, 0.05) is 22.9 Å². The summed E-state index contributed by atoms with van der Waals surface area (Å²) in [6.07, 6.45) is 8.92. The molecule has 0 N–H and O–H groups in total. The summed E-state index contributed by atoms with van der Waals surface area (Å²) in [5, 5.41) is 2.36. The van der Waals surface area contributed by atoms with Crippen molar-refractivity contribution in [1.29, 1.82) is 0 Å². The Bertz CT molecular complexity index is 1450. The van der Waals surface area contributed by atoms with Gasteiger partial charge in [0.2, 0.25) is 5.69 Å². The Labute approximate surface area is 195 Å². The summed E-state index contributed by atoms with van der Waals surface area (Å²) < 4.78 is 8.61. The highest BCUT2D eigenvalue weighted by Crippen LogP contribution is 2.39. The van der Waals surface area contributed by atoms with Crippen molar-refractivity contribution >= 4 is 21.9 Å². The Morgan fingerprint density at radius 1 is 0.788 bits per heavy atom. The lowest BCUT2D eigenvalue weighted by molar-refractivity contribution is -0.660. The second kappa shape index (κ2) is 8.19. The van der Waals surface area contributed by atoms with E-state index in [0.717, 1.165) is 22.8 Å². The molecule has 2 heteroatoms. The van der Waals surface area contributed by atoms with E-state index < -0.39 is 0 Å². The van der Waals surface area contributed by atoms with Gasteiger partial charge in [-0.1, -0.05) is 61.7 Å². The lowest BCUT2D eigenvalue weighted by Crippen LogP contribution is -2.30. The van der Waals surface area contributed by atoms with Crippen LogP contribution in [0.5, 0.6) is 0 Å². The molecule has 1 aliphatic carbocycles. The molecule has 0 unspecified atom stereocenters. The molecule has 164 valence electrons. The maximum absolute atomic E-state index is 6.45. The number of pyridine rings is 1. The van der Waals surface area contributed by atoms with Crippen LogP contribution in [0.4, 0.5) is 0 Å². The number of aryl methyl sites for hydroxylation is 2. The minimum absolute atomic E-state index is 0.745. The minimum atomic E-state index is 0.745. The molecule has 0 bridgehead atoms. The van der Waals surface area contributed by atoms with Crippen LogP contribution in [-0.2, 0) is 7.05 Å². The second-order valence-electron chi connectivity index (χ2n) is 9.60. The maximum atomic E-state index is 6.45. The van der Waals surface area contributed by atoms with Crippen LogP contribution >= 0.6 is 0 Å². The Morgan fingerprint density at radius 3 is 2.36 bits per heavy atom. The van der Waals surface area contributed by atoms with E-state index in [1.165, 1.54) is 70.7 Å². The number of aromatic nitrogens is 1. The van der Waals surface area contributed by atoms with Crippen LogP contribution in [0.3, 0.4) is 0 Å². The molecule has 1 aliphatic rings. The monoisotopic (exact) mass is 432 g/mol. The third-order valence-electron chi connectivity index (χ3n) is 7.48. The van der Waals surface area contributed by atoms with Gasteiger partial charge < -0.3 is 4.42 Å².